The van der Waals surface area contributed by atoms with Gasteiger partial charge in [-0.2, -0.15) is 11.8 Å². The number of phenols is 1. The van der Waals surface area contributed by atoms with E-state index in [4.69, 9.17) is 10.8 Å². The minimum Gasteiger partial charge on any atom is -0.508 e. The second-order valence-electron chi connectivity index (χ2n) is 9.06. The monoisotopic (exact) mass is 555 g/mol. The second-order valence-corrected chi connectivity index (χ2v) is 10.0. The molecule has 0 aliphatic rings. The fourth-order valence-corrected chi connectivity index (χ4v) is 4.52. The van der Waals surface area contributed by atoms with Crippen molar-refractivity contribution in [2.45, 2.75) is 37.4 Å². The van der Waals surface area contributed by atoms with E-state index in [-0.39, 0.29) is 18.6 Å². The van der Waals surface area contributed by atoms with Gasteiger partial charge in [0.05, 0.1) is 6.04 Å². The molecule has 3 amide bonds. The summed E-state index contributed by atoms with van der Waals surface area (Å²) in [7, 11) is 0. The Morgan fingerprint density at radius 2 is 1.64 bits per heavy atom. The first-order valence-corrected chi connectivity index (χ1v) is 13.7. The lowest BCUT2D eigenvalue weighted by Gasteiger charge is -2.24. The molecule has 0 radical (unpaired) electrons. The molecule has 0 bridgehead atoms. The Morgan fingerprint density at radius 1 is 0.949 bits per heavy atom. The fourth-order valence-electron chi connectivity index (χ4n) is 4.05. The number of aromatic nitrogens is 1. The number of H-pyrrole nitrogens is 1. The van der Waals surface area contributed by atoms with E-state index in [9.17, 15) is 24.3 Å². The molecular weight excluding hydrogens is 522 g/mol. The molecule has 3 rings (SSSR count). The van der Waals surface area contributed by atoms with Crippen molar-refractivity contribution in [3.05, 3.63) is 65.9 Å². The summed E-state index contributed by atoms with van der Waals surface area (Å²) >= 11 is 1.49. The number of nitrogens with two attached hydrogens (primary N) is 1. The van der Waals surface area contributed by atoms with E-state index in [2.05, 4.69) is 20.9 Å². The normalized spacial score (nSPS) is 13.3. The summed E-state index contributed by atoms with van der Waals surface area (Å²) in [6, 6.07) is 10.7. The number of carboxylic acid groups (broad SMARTS) is 1. The van der Waals surface area contributed by atoms with Crippen molar-refractivity contribution in [1.29, 1.82) is 0 Å². The summed E-state index contributed by atoms with van der Waals surface area (Å²) in [6.45, 7) is -0.615. The molecule has 0 aliphatic carbocycles. The van der Waals surface area contributed by atoms with Crippen LogP contribution in [0, 0.1) is 0 Å². The van der Waals surface area contributed by atoms with Crippen molar-refractivity contribution in [3.8, 4) is 5.75 Å². The maximum Gasteiger partial charge on any atom is 0.322 e. The standard InChI is InChI=1S/C27H33N5O6S/c1-39-11-10-22(31-25(36)20(28)13-17-14-29-21-5-3-2-4-19(17)21)27(38)32-23(26(37)30-15-24(34)35)12-16-6-8-18(33)9-7-16/h2-9,14,20,22-23,29,33H,10-13,15,28H2,1H3,(H,30,37)(H,31,36)(H,32,38)(H,34,35). The van der Waals surface area contributed by atoms with Crippen LogP contribution in [0.25, 0.3) is 10.9 Å². The van der Waals surface area contributed by atoms with Gasteiger partial charge in [0.1, 0.15) is 24.4 Å². The minimum absolute atomic E-state index is 0.0403. The van der Waals surface area contributed by atoms with E-state index in [1.54, 1.807) is 18.3 Å². The van der Waals surface area contributed by atoms with Crippen molar-refractivity contribution in [1.82, 2.24) is 20.9 Å². The molecule has 0 saturated carbocycles. The molecule has 1 aromatic heterocycles. The summed E-state index contributed by atoms with van der Waals surface area (Å²) in [6.07, 6.45) is 4.27. The Labute approximate surface area is 229 Å². The fraction of sp³-hybridized carbons (Fsp3) is 0.333. The van der Waals surface area contributed by atoms with Crippen molar-refractivity contribution < 1.29 is 29.4 Å². The number of thioether (sulfide) groups is 1. The average molecular weight is 556 g/mol. The lowest BCUT2D eigenvalue weighted by atomic mass is 10.0. The molecule has 0 spiro atoms. The minimum atomic E-state index is -1.23. The van der Waals surface area contributed by atoms with Crippen molar-refractivity contribution in [2.75, 3.05) is 18.6 Å². The number of hydrogen-bond acceptors (Lipinski definition) is 7. The summed E-state index contributed by atoms with van der Waals surface area (Å²) in [5, 5.41) is 27.1. The van der Waals surface area contributed by atoms with Gasteiger partial charge in [0.25, 0.3) is 0 Å². The van der Waals surface area contributed by atoms with Crippen LogP contribution in [0.4, 0.5) is 0 Å². The van der Waals surface area contributed by atoms with Crippen LogP contribution >= 0.6 is 11.8 Å². The maximum absolute atomic E-state index is 13.3. The molecular formula is C27H33N5O6S. The first-order chi connectivity index (χ1) is 18.7. The highest BCUT2D eigenvalue weighted by Gasteiger charge is 2.28. The highest BCUT2D eigenvalue weighted by molar-refractivity contribution is 7.98. The number of aromatic amines is 1. The Kier molecular flexibility index (Phi) is 10.8. The molecule has 12 heteroatoms. The van der Waals surface area contributed by atoms with Gasteiger partial charge in [-0.25, -0.2) is 0 Å². The number of aliphatic carboxylic acids is 1. The summed E-state index contributed by atoms with van der Waals surface area (Å²) in [5.74, 6) is -2.42. The Balaban J connectivity index is 1.71. The number of aromatic hydroxyl groups is 1. The van der Waals surface area contributed by atoms with Gasteiger partial charge in [-0.05, 0) is 54.2 Å². The quantitative estimate of drug-likeness (QED) is 0.153. The van der Waals surface area contributed by atoms with Gasteiger partial charge in [0.15, 0.2) is 0 Å². The number of nitrogens with one attached hydrogen (secondary N) is 4. The largest absolute Gasteiger partial charge is 0.508 e. The van der Waals surface area contributed by atoms with Crippen molar-refractivity contribution >= 4 is 46.4 Å². The molecule has 2 aromatic carbocycles. The third-order valence-electron chi connectivity index (χ3n) is 6.12. The number of rotatable bonds is 14. The molecule has 208 valence electrons. The van der Waals surface area contributed by atoms with E-state index in [1.807, 2.05) is 30.5 Å². The van der Waals surface area contributed by atoms with Crippen LogP contribution in [0.1, 0.15) is 17.5 Å². The number of hydrogen-bond donors (Lipinski definition) is 7. The third-order valence-corrected chi connectivity index (χ3v) is 6.76. The molecule has 8 N–H and O–H groups in total. The number of carboxylic acids is 1. The number of amides is 3. The highest BCUT2D eigenvalue weighted by atomic mass is 32.2. The molecule has 3 aromatic rings. The van der Waals surface area contributed by atoms with Gasteiger partial charge in [-0.1, -0.05) is 30.3 Å². The molecule has 0 aliphatic heterocycles. The van der Waals surface area contributed by atoms with E-state index in [1.165, 1.54) is 23.9 Å². The van der Waals surface area contributed by atoms with Gasteiger partial charge >= 0.3 is 5.97 Å². The number of carbonyl (C=O) groups is 4. The zero-order valence-corrected chi connectivity index (χ0v) is 22.3. The van der Waals surface area contributed by atoms with Crippen molar-refractivity contribution in [2.24, 2.45) is 5.73 Å². The Hall–Kier alpha value is -4.03. The molecule has 0 fully saturated rings. The highest BCUT2D eigenvalue weighted by Crippen LogP contribution is 2.19. The number of carbonyl (C=O) groups excluding carboxylic acids is 3. The number of phenolic OH excluding ortho intramolecular Hbond substituents is 1. The topological polar surface area (TPSA) is 187 Å². The number of para-hydroxylation sites is 1. The Bertz CT molecular complexity index is 1300. The maximum atomic E-state index is 13.3. The van der Waals surface area contributed by atoms with Gasteiger partial charge in [-0.15, -0.1) is 0 Å². The lowest BCUT2D eigenvalue weighted by Crippen LogP contribution is -2.56. The summed E-state index contributed by atoms with van der Waals surface area (Å²) in [5.41, 5.74) is 8.64. The molecule has 0 saturated heterocycles. The van der Waals surface area contributed by atoms with E-state index >= 15 is 0 Å². The number of benzene rings is 2. The molecule has 3 atom stereocenters. The van der Waals surface area contributed by atoms with E-state index in [0.717, 1.165) is 16.5 Å². The number of fused-ring (bicyclic) bond motifs is 1. The first kappa shape index (κ1) is 29.5. The third kappa shape index (κ3) is 8.76. The first-order valence-electron chi connectivity index (χ1n) is 12.4. The molecule has 1 heterocycles. The predicted molar refractivity (Wildman–Crippen MR) is 149 cm³/mol. The summed E-state index contributed by atoms with van der Waals surface area (Å²) < 4.78 is 0. The van der Waals surface area contributed by atoms with E-state index < -0.39 is 48.4 Å². The zero-order chi connectivity index (χ0) is 28.4. The van der Waals surface area contributed by atoms with Crippen LogP contribution in [0.2, 0.25) is 0 Å². The van der Waals surface area contributed by atoms with Crippen LogP contribution in [-0.2, 0) is 32.0 Å². The smallest absolute Gasteiger partial charge is 0.322 e. The van der Waals surface area contributed by atoms with Crippen LogP contribution < -0.4 is 21.7 Å². The van der Waals surface area contributed by atoms with Crippen molar-refractivity contribution in [3.63, 3.8) is 0 Å². The van der Waals surface area contributed by atoms with Gasteiger partial charge in [0.2, 0.25) is 17.7 Å². The SMILES string of the molecule is CSCCC(NC(=O)C(N)Cc1c[nH]c2ccccc12)C(=O)NC(Cc1ccc(O)cc1)C(=O)NCC(=O)O. The van der Waals surface area contributed by atoms with Crippen LogP contribution in [0.15, 0.2) is 54.7 Å². The molecule has 11 nitrogen and oxygen atoms in total. The van der Waals surface area contributed by atoms with Crippen LogP contribution in [0.5, 0.6) is 5.75 Å². The summed E-state index contributed by atoms with van der Waals surface area (Å²) in [4.78, 5) is 53.1. The predicted octanol–water partition coefficient (Wildman–Crippen LogP) is 0.910. The van der Waals surface area contributed by atoms with E-state index in [0.29, 0.717) is 17.7 Å². The second kappa shape index (κ2) is 14.2. The molecule has 39 heavy (non-hydrogen) atoms. The van der Waals surface area contributed by atoms with Gasteiger partial charge in [-0.3, -0.25) is 19.2 Å². The Morgan fingerprint density at radius 3 is 2.33 bits per heavy atom. The molecule has 3 unspecified atom stereocenters. The average Bonchev–Trinajstić information content (AvgIpc) is 3.32. The van der Waals surface area contributed by atoms with Gasteiger partial charge < -0.3 is 36.9 Å². The van der Waals surface area contributed by atoms with Crippen LogP contribution in [0.3, 0.4) is 0 Å². The zero-order valence-electron chi connectivity index (χ0n) is 21.5. The van der Waals surface area contributed by atoms with Gasteiger partial charge in [0, 0.05) is 23.5 Å². The van der Waals surface area contributed by atoms with Crippen LogP contribution in [-0.4, -0.2) is 75.6 Å². The lowest BCUT2D eigenvalue weighted by molar-refractivity contribution is -0.138.